The Bertz CT molecular complexity index is 431. The maximum Gasteiger partial charge on any atom is 0.198 e. The molecule has 0 heterocycles. The highest BCUT2D eigenvalue weighted by atomic mass is 19.2. The standard InChI is InChI=1S/C10H9F4NO/c1-15(2)4-7(16)5-3-6(11)9(13)10(14)8(5)12/h3H,4H2,1-2H3. The van der Waals surface area contributed by atoms with E-state index >= 15 is 0 Å². The Morgan fingerprint density at radius 3 is 2.19 bits per heavy atom. The van der Waals surface area contributed by atoms with E-state index in [9.17, 15) is 22.4 Å². The highest BCUT2D eigenvalue weighted by molar-refractivity contribution is 5.97. The van der Waals surface area contributed by atoms with Crippen LogP contribution in [0.15, 0.2) is 6.07 Å². The van der Waals surface area contributed by atoms with Crippen molar-refractivity contribution in [1.29, 1.82) is 0 Å². The number of halogens is 4. The van der Waals surface area contributed by atoms with Crippen molar-refractivity contribution in [2.24, 2.45) is 0 Å². The van der Waals surface area contributed by atoms with Crippen LogP contribution in [0.25, 0.3) is 0 Å². The van der Waals surface area contributed by atoms with Gasteiger partial charge in [0.15, 0.2) is 29.1 Å². The number of ketones is 1. The highest BCUT2D eigenvalue weighted by Gasteiger charge is 2.22. The number of rotatable bonds is 3. The van der Waals surface area contributed by atoms with E-state index in [-0.39, 0.29) is 6.54 Å². The molecule has 0 aliphatic heterocycles. The largest absolute Gasteiger partial charge is 0.302 e. The summed E-state index contributed by atoms with van der Waals surface area (Å²) in [6, 6.07) is 0.361. The molecule has 16 heavy (non-hydrogen) atoms. The maximum atomic E-state index is 13.1. The molecule has 0 saturated heterocycles. The lowest BCUT2D eigenvalue weighted by Crippen LogP contribution is -2.23. The van der Waals surface area contributed by atoms with Gasteiger partial charge in [-0.15, -0.1) is 0 Å². The van der Waals surface area contributed by atoms with Gasteiger partial charge in [0.05, 0.1) is 12.1 Å². The Balaban J connectivity index is 3.20. The minimum absolute atomic E-state index is 0.221. The molecule has 0 bridgehead atoms. The van der Waals surface area contributed by atoms with Gasteiger partial charge in [-0.2, -0.15) is 0 Å². The molecule has 0 amide bonds. The fourth-order valence-corrected chi connectivity index (χ4v) is 1.15. The second-order valence-electron chi connectivity index (χ2n) is 3.51. The zero-order chi connectivity index (χ0) is 12.5. The number of Topliss-reactive ketones (excluding diaryl/α,β-unsaturated/α-hetero) is 1. The van der Waals surface area contributed by atoms with Gasteiger partial charge in [0.25, 0.3) is 0 Å². The summed E-state index contributed by atoms with van der Waals surface area (Å²) in [5, 5.41) is 0. The van der Waals surface area contributed by atoms with E-state index in [0.29, 0.717) is 6.07 Å². The number of carbonyl (C=O) groups is 1. The molecule has 0 N–H and O–H groups in total. The third kappa shape index (κ3) is 2.38. The third-order valence-corrected chi connectivity index (χ3v) is 1.86. The summed E-state index contributed by atoms with van der Waals surface area (Å²) in [5.41, 5.74) is -0.787. The topological polar surface area (TPSA) is 20.3 Å². The molecule has 0 aromatic heterocycles. The number of nitrogens with zero attached hydrogens (tertiary/aromatic N) is 1. The molecule has 0 fully saturated rings. The van der Waals surface area contributed by atoms with Gasteiger partial charge in [-0.1, -0.05) is 0 Å². The van der Waals surface area contributed by atoms with Gasteiger partial charge in [0, 0.05) is 0 Å². The Hall–Kier alpha value is -1.43. The molecule has 6 heteroatoms. The van der Waals surface area contributed by atoms with Gasteiger partial charge in [0.2, 0.25) is 0 Å². The molecule has 0 atom stereocenters. The summed E-state index contributed by atoms with van der Waals surface area (Å²) in [5.74, 6) is -7.95. The molecule has 0 radical (unpaired) electrons. The van der Waals surface area contributed by atoms with Crippen LogP contribution < -0.4 is 0 Å². The fraction of sp³-hybridized carbons (Fsp3) is 0.300. The van der Waals surface area contributed by atoms with Gasteiger partial charge in [-0.25, -0.2) is 17.6 Å². The average Bonchev–Trinajstić information content (AvgIpc) is 2.19. The Labute approximate surface area is 89.5 Å². The summed E-state index contributed by atoms with van der Waals surface area (Å²) in [4.78, 5) is 12.8. The predicted molar refractivity (Wildman–Crippen MR) is 49.2 cm³/mol. The van der Waals surface area contributed by atoms with Crippen molar-refractivity contribution in [3.8, 4) is 0 Å². The first kappa shape index (κ1) is 12.6. The number of hydrogen-bond acceptors (Lipinski definition) is 2. The van der Waals surface area contributed by atoms with Crippen molar-refractivity contribution in [1.82, 2.24) is 4.90 Å². The molecule has 0 saturated carbocycles. The molecule has 1 aromatic rings. The molecule has 1 aromatic carbocycles. The van der Waals surface area contributed by atoms with E-state index in [1.54, 1.807) is 0 Å². The van der Waals surface area contributed by atoms with E-state index in [2.05, 4.69) is 0 Å². The molecule has 0 unspecified atom stereocenters. The maximum absolute atomic E-state index is 13.1. The van der Waals surface area contributed by atoms with E-state index in [1.807, 2.05) is 0 Å². The smallest absolute Gasteiger partial charge is 0.198 e. The van der Waals surface area contributed by atoms with Crippen LogP contribution in [0.5, 0.6) is 0 Å². The number of carbonyl (C=O) groups excluding carboxylic acids is 1. The first-order valence-corrected chi connectivity index (χ1v) is 4.35. The molecule has 1 rings (SSSR count). The summed E-state index contributed by atoms with van der Waals surface area (Å²) in [6.07, 6.45) is 0. The highest BCUT2D eigenvalue weighted by Crippen LogP contribution is 2.19. The van der Waals surface area contributed by atoms with Crippen molar-refractivity contribution < 1.29 is 22.4 Å². The van der Waals surface area contributed by atoms with Crippen LogP contribution >= 0.6 is 0 Å². The van der Waals surface area contributed by atoms with E-state index in [4.69, 9.17) is 0 Å². The van der Waals surface area contributed by atoms with Crippen LogP contribution in [0.1, 0.15) is 10.4 Å². The molecule has 0 aliphatic carbocycles. The second-order valence-corrected chi connectivity index (χ2v) is 3.51. The summed E-state index contributed by atoms with van der Waals surface area (Å²) in [6.45, 7) is -0.221. The normalized spacial score (nSPS) is 10.9. The lowest BCUT2D eigenvalue weighted by molar-refractivity contribution is 0.0952. The van der Waals surface area contributed by atoms with E-state index < -0.39 is 34.6 Å². The molecular formula is C10H9F4NO. The van der Waals surface area contributed by atoms with Gasteiger partial charge >= 0.3 is 0 Å². The first-order chi connectivity index (χ1) is 7.34. The Morgan fingerprint density at radius 2 is 1.69 bits per heavy atom. The van der Waals surface area contributed by atoms with E-state index in [0.717, 1.165) is 0 Å². The SMILES string of the molecule is CN(C)CC(=O)c1cc(F)c(F)c(F)c1F. The predicted octanol–water partition coefficient (Wildman–Crippen LogP) is 1.99. The Morgan fingerprint density at radius 1 is 1.12 bits per heavy atom. The number of likely N-dealkylation sites (N-methyl/N-ethyl adjacent to an activating group) is 1. The lowest BCUT2D eigenvalue weighted by atomic mass is 10.1. The van der Waals surface area contributed by atoms with Crippen molar-refractivity contribution in [3.63, 3.8) is 0 Å². The molecular weight excluding hydrogens is 226 g/mol. The molecule has 88 valence electrons. The van der Waals surface area contributed by atoms with Crippen LogP contribution in [-0.2, 0) is 0 Å². The van der Waals surface area contributed by atoms with Gasteiger partial charge in [-0.3, -0.25) is 4.79 Å². The third-order valence-electron chi connectivity index (χ3n) is 1.86. The number of benzene rings is 1. The van der Waals surface area contributed by atoms with Crippen molar-refractivity contribution >= 4 is 5.78 Å². The Kier molecular flexibility index (Phi) is 3.64. The quantitative estimate of drug-likeness (QED) is 0.345. The minimum atomic E-state index is -1.97. The van der Waals surface area contributed by atoms with Gasteiger partial charge < -0.3 is 4.90 Å². The van der Waals surface area contributed by atoms with Crippen molar-refractivity contribution in [3.05, 3.63) is 34.9 Å². The van der Waals surface area contributed by atoms with Crippen LogP contribution in [0.2, 0.25) is 0 Å². The summed E-state index contributed by atoms with van der Waals surface area (Å²) < 4.78 is 51.3. The van der Waals surface area contributed by atoms with Crippen LogP contribution in [0.3, 0.4) is 0 Å². The summed E-state index contributed by atoms with van der Waals surface area (Å²) >= 11 is 0. The molecule has 0 aliphatic rings. The average molecular weight is 235 g/mol. The lowest BCUT2D eigenvalue weighted by Gasteiger charge is -2.09. The van der Waals surface area contributed by atoms with Gasteiger partial charge in [-0.05, 0) is 20.2 Å². The van der Waals surface area contributed by atoms with E-state index in [1.165, 1.54) is 19.0 Å². The van der Waals surface area contributed by atoms with Crippen LogP contribution in [0.4, 0.5) is 17.6 Å². The van der Waals surface area contributed by atoms with Crippen LogP contribution in [0, 0.1) is 23.3 Å². The zero-order valence-corrected chi connectivity index (χ0v) is 8.65. The summed E-state index contributed by atoms with van der Waals surface area (Å²) in [7, 11) is 3.07. The van der Waals surface area contributed by atoms with Gasteiger partial charge in [0.1, 0.15) is 0 Å². The molecule has 0 spiro atoms. The minimum Gasteiger partial charge on any atom is -0.302 e. The zero-order valence-electron chi connectivity index (χ0n) is 8.65. The molecule has 2 nitrogen and oxygen atoms in total. The fourth-order valence-electron chi connectivity index (χ4n) is 1.15. The van der Waals surface area contributed by atoms with Crippen molar-refractivity contribution in [2.45, 2.75) is 0 Å². The van der Waals surface area contributed by atoms with Crippen LogP contribution in [-0.4, -0.2) is 31.3 Å². The van der Waals surface area contributed by atoms with Crippen molar-refractivity contribution in [2.75, 3.05) is 20.6 Å². The monoisotopic (exact) mass is 235 g/mol. The number of hydrogen-bond donors (Lipinski definition) is 0. The second kappa shape index (κ2) is 4.61. The first-order valence-electron chi connectivity index (χ1n) is 4.35.